The molecule has 1 aliphatic carbocycles. The summed E-state index contributed by atoms with van der Waals surface area (Å²) in [5.41, 5.74) is 0.323. The van der Waals surface area contributed by atoms with Gasteiger partial charge in [0.05, 0.1) is 11.5 Å². The first-order chi connectivity index (χ1) is 11.7. The number of benzene rings is 1. The second-order valence-electron chi connectivity index (χ2n) is 6.26. The zero-order chi connectivity index (χ0) is 17.0. The average Bonchev–Trinajstić information content (AvgIpc) is 3.27. The quantitative estimate of drug-likeness (QED) is 0.850. The van der Waals surface area contributed by atoms with Crippen LogP contribution < -0.4 is 5.32 Å². The molecule has 128 valence electrons. The van der Waals surface area contributed by atoms with Crippen molar-refractivity contribution in [3.8, 4) is 0 Å². The van der Waals surface area contributed by atoms with Crippen LogP contribution in [0.25, 0.3) is 0 Å². The number of halogens is 1. The first-order valence-corrected chi connectivity index (χ1v) is 9.14. The van der Waals surface area contributed by atoms with Gasteiger partial charge >= 0.3 is 0 Å². The molecule has 5 heteroatoms. The van der Waals surface area contributed by atoms with Crippen molar-refractivity contribution in [2.75, 3.05) is 13.7 Å². The molecule has 1 N–H and O–H groups in total. The summed E-state index contributed by atoms with van der Waals surface area (Å²) >= 11 is 1.64. The Morgan fingerprint density at radius 2 is 2.12 bits per heavy atom. The van der Waals surface area contributed by atoms with E-state index in [0.29, 0.717) is 6.54 Å². The Morgan fingerprint density at radius 1 is 1.33 bits per heavy atom. The highest BCUT2D eigenvalue weighted by Gasteiger charge is 2.43. The number of hydrogen-bond donors (Lipinski definition) is 1. The molecule has 1 heterocycles. The third-order valence-corrected chi connectivity index (χ3v) is 5.91. The fraction of sp³-hybridized carbons (Fsp3) is 0.421. The summed E-state index contributed by atoms with van der Waals surface area (Å²) in [5, 5.41) is 5.06. The molecule has 1 aliphatic rings. The average molecular weight is 347 g/mol. The molecule has 0 radical (unpaired) electrons. The molecule has 24 heavy (non-hydrogen) atoms. The van der Waals surface area contributed by atoms with Crippen molar-refractivity contribution in [3.05, 3.63) is 58.0 Å². The van der Waals surface area contributed by atoms with E-state index >= 15 is 0 Å². The van der Waals surface area contributed by atoms with Crippen LogP contribution in [0.4, 0.5) is 4.39 Å². The van der Waals surface area contributed by atoms with Crippen LogP contribution >= 0.6 is 11.3 Å². The van der Waals surface area contributed by atoms with Crippen molar-refractivity contribution in [3.63, 3.8) is 0 Å². The molecule has 1 aromatic carbocycles. The molecule has 1 amide bonds. The number of thiophene rings is 1. The molecule has 3 nitrogen and oxygen atoms in total. The molecule has 0 unspecified atom stereocenters. The van der Waals surface area contributed by atoms with Gasteiger partial charge in [-0.2, -0.15) is 0 Å². The largest absolute Gasteiger partial charge is 0.375 e. The summed E-state index contributed by atoms with van der Waals surface area (Å²) in [4.78, 5) is 14.1. The fourth-order valence-electron chi connectivity index (χ4n) is 3.51. The summed E-state index contributed by atoms with van der Waals surface area (Å²) in [7, 11) is 1.58. The topological polar surface area (TPSA) is 38.3 Å². The van der Waals surface area contributed by atoms with Gasteiger partial charge in [0.15, 0.2) is 0 Å². The van der Waals surface area contributed by atoms with E-state index in [2.05, 4.69) is 11.4 Å². The Hall–Kier alpha value is -1.72. The zero-order valence-electron chi connectivity index (χ0n) is 13.8. The van der Waals surface area contributed by atoms with Crippen LogP contribution in [0.15, 0.2) is 41.8 Å². The number of carbonyl (C=O) groups excluding carboxylic acids is 1. The molecule has 1 atom stereocenters. The lowest BCUT2D eigenvalue weighted by Crippen LogP contribution is -2.43. The number of rotatable bonds is 6. The molecule has 0 saturated heterocycles. The van der Waals surface area contributed by atoms with Crippen molar-refractivity contribution in [2.45, 2.75) is 37.2 Å². The van der Waals surface area contributed by atoms with E-state index in [9.17, 15) is 9.18 Å². The molecular weight excluding hydrogens is 325 g/mol. The Labute approximate surface area is 145 Å². The van der Waals surface area contributed by atoms with Crippen molar-refractivity contribution >= 4 is 17.2 Å². The lowest BCUT2D eigenvalue weighted by Gasteiger charge is -2.28. The predicted octanol–water partition coefficient (Wildman–Crippen LogP) is 4.20. The maximum atomic E-state index is 13.4. The lowest BCUT2D eigenvalue weighted by molar-refractivity contribution is -0.127. The highest BCUT2D eigenvalue weighted by Crippen LogP contribution is 2.43. The molecule has 3 rings (SSSR count). The van der Waals surface area contributed by atoms with Crippen molar-refractivity contribution < 1.29 is 13.9 Å². The van der Waals surface area contributed by atoms with Gasteiger partial charge in [0.2, 0.25) is 5.91 Å². The second kappa shape index (κ2) is 7.45. The molecule has 1 aromatic heterocycles. The van der Waals surface area contributed by atoms with E-state index in [-0.39, 0.29) is 17.8 Å². The van der Waals surface area contributed by atoms with Crippen LogP contribution in [0.3, 0.4) is 0 Å². The van der Waals surface area contributed by atoms with Gasteiger partial charge in [0.1, 0.15) is 5.82 Å². The van der Waals surface area contributed by atoms with E-state index in [1.165, 1.54) is 12.1 Å². The summed E-state index contributed by atoms with van der Waals surface area (Å²) in [6.07, 6.45) is 3.56. The van der Waals surface area contributed by atoms with Gasteiger partial charge in [-0.25, -0.2) is 4.39 Å². The Morgan fingerprint density at radius 3 is 2.75 bits per heavy atom. The van der Waals surface area contributed by atoms with Crippen molar-refractivity contribution in [1.82, 2.24) is 5.32 Å². The van der Waals surface area contributed by atoms with E-state index < -0.39 is 5.41 Å². The van der Waals surface area contributed by atoms with Gasteiger partial charge < -0.3 is 10.1 Å². The Balaban J connectivity index is 1.71. The Kier molecular flexibility index (Phi) is 5.31. The predicted molar refractivity (Wildman–Crippen MR) is 93.6 cm³/mol. The molecule has 2 aromatic rings. The van der Waals surface area contributed by atoms with E-state index in [1.54, 1.807) is 24.5 Å². The SMILES string of the molecule is CO[C@@H](CNC(=O)C1(c2cccs2)CCCC1)c1cccc(F)c1. The number of amides is 1. The fourth-order valence-corrected chi connectivity index (χ4v) is 4.50. The normalized spacial score (nSPS) is 17.6. The summed E-state index contributed by atoms with van der Waals surface area (Å²) in [6, 6.07) is 10.4. The maximum absolute atomic E-state index is 13.4. The van der Waals surface area contributed by atoms with Crippen LogP contribution in [0, 0.1) is 5.82 Å². The van der Waals surface area contributed by atoms with Crippen molar-refractivity contribution in [1.29, 1.82) is 0 Å². The smallest absolute Gasteiger partial charge is 0.231 e. The first kappa shape index (κ1) is 17.1. The summed E-state index contributed by atoms with van der Waals surface area (Å²) in [6.45, 7) is 0.339. The molecule has 1 fully saturated rings. The van der Waals surface area contributed by atoms with Gasteiger partial charge in [0, 0.05) is 18.5 Å². The van der Waals surface area contributed by atoms with Crippen LogP contribution in [0.1, 0.15) is 42.2 Å². The minimum atomic E-state index is -0.408. The number of ether oxygens (including phenoxy) is 1. The highest BCUT2D eigenvalue weighted by atomic mass is 32.1. The number of methoxy groups -OCH3 is 1. The van der Waals surface area contributed by atoms with Gasteiger partial charge in [-0.3, -0.25) is 4.79 Å². The van der Waals surface area contributed by atoms with Crippen LogP contribution in [-0.2, 0) is 14.9 Å². The number of carbonyl (C=O) groups is 1. The number of hydrogen-bond acceptors (Lipinski definition) is 3. The zero-order valence-corrected chi connectivity index (χ0v) is 14.6. The first-order valence-electron chi connectivity index (χ1n) is 8.26. The third kappa shape index (κ3) is 3.37. The Bertz CT molecular complexity index is 680. The monoisotopic (exact) mass is 347 g/mol. The summed E-state index contributed by atoms with van der Waals surface area (Å²) < 4.78 is 18.9. The molecule has 0 spiro atoms. The molecule has 0 bridgehead atoms. The second-order valence-corrected chi connectivity index (χ2v) is 7.20. The minimum absolute atomic E-state index is 0.0564. The van der Waals surface area contributed by atoms with Crippen LogP contribution in [0.2, 0.25) is 0 Å². The van der Waals surface area contributed by atoms with Gasteiger partial charge in [-0.1, -0.05) is 31.0 Å². The molecule has 1 saturated carbocycles. The van der Waals surface area contributed by atoms with Crippen molar-refractivity contribution in [2.24, 2.45) is 0 Å². The molecule has 0 aliphatic heterocycles. The van der Waals surface area contributed by atoms with Crippen LogP contribution in [0.5, 0.6) is 0 Å². The van der Waals surface area contributed by atoms with Crippen LogP contribution in [-0.4, -0.2) is 19.6 Å². The van der Waals surface area contributed by atoms with E-state index in [0.717, 1.165) is 36.1 Å². The highest BCUT2D eigenvalue weighted by molar-refractivity contribution is 7.10. The third-order valence-electron chi connectivity index (χ3n) is 4.84. The maximum Gasteiger partial charge on any atom is 0.231 e. The number of nitrogens with one attached hydrogen (secondary N) is 1. The molecular formula is C19H22FNO2S. The van der Waals surface area contributed by atoms with Gasteiger partial charge in [-0.15, -0.1) is 11.3 Å². The van der Waals surface area contributed by atoms with Gasteiger partial charge in [-0.05, 0) is 42.0 Å². The van der Waals surface area contributed by atoms with Gasteiger partial charge in [0.25, 0.3) is 0 Å². The standard InChI is InChI=1S/C19H22FNO2S/c1-23-16(14-6-4-7-15(20)12-14)13-21-18(22)19(9-2-3-10-19)17-8-5-11-24-17/h4-8,11-12,16H,2-3,9-10,13H2,1H3,(H,21,22)/t16-/m0/s1. The summed E-state index contributed by atoms with van der Waals surface area (Å²) in [5.74, 6) is -0.243. The minimum Gasteiger partial charge on any atom is -0.375 e. The van der Waals surface area contributed by atoms with E-state index in [1.807, 2.05) is 17.5 Å². The lowest BCUT2D eigenvalue weighted by atomic mass is 9.83. The van der Waals surface area contributed by atoms with E-state index in [4.69, 9.17) is 4.74 Å².